The van der Waals surface area contributed by atoms with Crippen LogP contribution in [0.15, 0.2) is 84.9 Å². The van der Waals surface area contributed by atoms with E-state index in [-0.39, 0.29) is 0 Å². The predicted octanol–water partition coefficient (Wildman–Crippen LogP) is 6.90. The van der Waals surface area contributed by atoms with E-state index in [0.29, 0.717) is 0 Å². The van der Waals surface area contributed by atoms with Crippen molar-refractivity contribution < 1.29 is 0 Å². The first-order valence-electron chi connectivity index (χ1n) is 12.0. The molecule has 0 aliphatic rings. The third-order valence-electron chi connectivity index (χ3n) is 6.29. The maximum atomic E-state index is 5.02. The van der Waals surface area contributed by atoms with Crippen molar-refractivity contribution in [2.75, 3.05) is 36.0 Å². The summed E-state index contributed by atoms with van der Waals surface area (Å²) in [5, 5.41) is 5.02. The molecular weight excluding hydrogens is 404 g/mol. The maximum Gasteiger partial charge on any atom is 0.0934 e. The van der Waals surface area contributed by atoms with Crippen molar-refractivity contribution in [1.82, 2.24) is 9.78 Å². The Balaban J connectivity index is 1.74. The van der Waals surface area contributed by atoms with Gasteiger partial charge in [0.15, 0.2) is 0 Å². The van der Waals surface area contributed by atoms with E-state index in [1.807, 2.05) is 6.07 Å². The van der Waals surface area contributed by atoms with E-state index in [1.54, 1.807) is 0 Å². The van der Waals surface area contributed by atoms with Crippen molar-refractivity contribution in [3.05, 3.63) is 84.9 Å². The Labute approximate surface area is 198 Å². The molecule has 0 aliphatic carbocycles. The monoisotopic (exact) mass is 438 g/mol. The second kappa shape index (κ2) is 10.4. The molecule has 4 nitrogen and oxygen atoms in total. The highest BCUT2D eigenvalue weighted by Crippen LogP contribution is 2.31. The molecule has 3 aromatic carbocycles. The van der Waals surface area contributed by atoms with Crippen LogP contribution >= 0.6 is 0 Å². The number of aromatic nitrogens is 2. The third-order valence-corrected chi connectivity index (χ3v) is 6.29. The molecule has 1 heterocycles. The smallest absolute Gasteiger partial charge is 0.0934 e. The van der Waals surface area contributed by atoms with Gasteiger partial charge in [-0.05, 0) is 70.2 Å². The highest BCUT2D eigenvalue weighted by atomic mass is 15.3. The van der Waals surface area contributed by atoms with Crippen LogP contribution in [0.5, 0.6) is 0 Å². The first-order valence-corrected chi connectivity index (χ1v) is 12.0. The van der Waals surface area contributed by atoms with Gasteiger partial charge in [0.05, 0.1) is 17.1 Å². The van der Waals surface area contributed by atoms with Gasteiger partial charge in [-0.3, -0.25) is 0 Å². The molecule has 0 bridgehead atoms. The zero-order valence-electron chi connectivity index (χ0n) is 20.2. The highest BCUT2D eigenvalue weighted by Gasteiger charge is 2.14. The van der Waals surface area contributed by atoms with E-state index in [2.05, 4.69) is 121 Å². The lowest BCUT2D eigenvalue weighted by atomic mass is 10.1. The molecule has 0 spiro atoms. The average Bonchev–Trinajstić information content (AvgIpc) is 3.32. The van der Waals surface area contributed by atoms with Gasteiger partial charge in [0.1, 0.15) is 0 Å². The zero-order chi connectivity index (χ0) is 23.2. The van der Waals surface area contributed by atoms with E-state index in [1.165, 1.54) is 11.4 Å². The minimum absolute atomic E-state index is 0.979. The Kier molecular flexibility index (Phi) is 7.13. The van der Waals surface area contributed by atoms with Crippen LogP contribution in [-0.2, 0) is 0 Å². The van der Waals surface area contributed by atoms with Gasteiger partial charge >= 0.3 is 0 Å². The van der Waals surface area contributed by atoms with Crippen molar-refractivity contribution in [3.63, 3.8) is 0 Å². The molecular formula is C29H34N4. The topological polar surface area (TPSA) is 24.3 Å². The highest BCUT2D eigenvalue weighted by molar-refractivity contribution is 5.72. The SMILES string of the molecule is CCN(CC)c1ccc(-c2cc(-c3ccc(N(CC)CC)cc3)n(-c3ccccc3)n2)cc1. The molecule has 0 aliphatic heterocycles. The number of benzene rings is 3. The van der Waals surface area contributed by atoms with E-state index >= 15 is 0 Å². The van der Waals surface area contributed by atoms with Gasteiger partial charge in [-0.15, -0.1) is 0 Å². The quantitative estimate of drug-likeness (QED) is 0.284. The summed E-state index contributed by atoms with van der Waals surface area (Å²) in [7, 11) is 0. The minimum atomic E-state index is 0.979. The molecule has 0 amide bonds. The van der Waals surface area contributed by atoms with E-state index < -0.39 is 0 Å². The van der Waals surface area contributed by atoms with Gasteiger partial charge < -0.3 is 9.80 Å². The van der Waals surface area contributed by atoms with Crippen molar-refractivity contribution in [3.8, 4) is 28.2 Å². The van der Waals surface area contributed by atoms with Crippen LogP contribution in [0.25, 0.3) is 28.2 Å². The van der Waals surface area contributed by atoms with Crippen molar-refractivity contribution in [1.29, 1.82) is 0 Å². The summed E-state index contributed by atoms with van der Waals surface area (Å²) in [6, 6.07) is 30.2. The van der Waals surface area contributed by atoms with Crippen LogP contribution in [0.4, 0.5) is 11.4 Å². The first-order chi connectivity index (χ1) is 16.2. The Morgan fingerprint density at radius 1 is 0.606 bits per heavy atom. The molecule has 4 aromatic rings. The molecule has 0 unspecified atom stereocenters. The van der Waals surface area contributed by atoms with Crippen LogP contribution in [0.1, 0.15) is 27.7 Å². The zero-order valence-corrected chi connectivity index (χ0v) is 20.2. The number of para-hydroxylation sites is 1. The summed E-state index contributed by atoms with van der Waals surface area (Å²) in [6.45, 7) is 12.8. The molecule has 4 heteroatoms. The maximum absolute atomic E-state index is 5.02. The first kappa shape index (κ1) is 22.7. The predicted molar refractivity (Wildman–Crippen MR) is 142 cm³/mol. The fourth-order valence-electron chi connectivity index (χ4n) is 4.36. The lowest BCUT2D eigenvalue weighted by molar-refractivity contribution is 0.865. The van der Waals surface area contributed by atoms with Gasteiger partial charge in [-0.25, -0.2) is 4.68 Å². The van der Waals surface area contributed by atoms with Gasteiger partial charge in [0.25, 0.3) is 0 Å². The third kappa shape index (κ3) is 4.80. The van der Waals surface area contributed by atoms with Crippen molar-refractivity contribution in [2.24, 2.45) is 0 Å². The molecule has 0 N–H and O–H groups in total. The fourth-order valence-corrected chi connectivity index (χ4v) is 4.36. The molecule has 0 saturated carbocycles. The Bertz CT molecular complexity index is 1140. The molecule has 0 fully saturated rings. The van der Waals surface area contributed by atoms with Gasteiger partial charge in [0.2, 0.25) is 0 Å². The van der Waals surface area contributed by atoms with Crippen LogP contribution in [0.3, 0.4) is 0 Å². The largest absolute Gasteiger partial charge is 0.372 e. The van der Waals surface area contributed by atoms with Crippen LogP contribution < -0.4 is 9.80 Å². The van der Waals surface area contributed by atoms with E-state index in [4.69, 9.17) is 5.10 Å². The summed E-state index contributed by atoms with van der Waals surface area (Å²) >= 11 is 0. The second-order valence-corrected chi connectivity index (χ2v) is 8.10. The summed E-state index contributed by atoms with van der Waals surface area (Å²) in [4.78, 5) is 4.72. The Morgan fingerprint density at radius 3 is 1.58 bits per heavy atom. The van der Waals surface area contributed by atoms with Crippen molar-refractivity contribution in [2.45, 2.75) is 27.7 Å². The normalized spacial score (nSPS) is 10.9. The Hall–Kier alpha value is -3.53. The van der Waals surface area contributed by atoms with E-state index in [0.717, 1.165) is 54.4 Å². The molecule has 0 radical (unpaired) electrons. The number of nitrogens with zero attached hydrogens (tertiary/aromatic N) is 4. The van der Waals surface area contributed by atoms with Crippen LogP contribution in [0.2, 0.25) is 0 Å². The molecule has 1 aromatic heterocycles. The molecule has 4 rings (SSSR count). The summed E-state index contributed by atoms with van der Waals surface area (Å²) in [6.07, 6.45) is 0. The van der Waals surface area contributed by atoms with Gasteiger partial charge in [0, 0.05) is 48.7 Å². The summed E-state index contributed by atoms with van der Waals surface area (Å²) in [5.74, 6) is 0. The summed E-state index contributed by atoms with van der Waals surface area (Å²) < 4.78 is 2.06. The Morgan fingerprint density at radius 2 is 1.09 bits per heavy atom. The summed E-state index contributed by atoms with van der Waals surface area (Å²) in [5.41, 5.74) is 7.92. The number of hydrogen-bond acceptors (Lipinski definition) is 3. The lowest BCUT2D eigenvalue weighted by Gasteiger charge is -2.21. The lowest BCUT2D eigenvalue weighted by Crippen LogP contribution is -2.21. The molecule has 0 saturated heterocycles. The second-order valence-electron chi connectivity index (χ2n) is 8.10. The van der Waals surface area contributed by atoms with Gasteiger partial charge in [-0.2, -0.15) is 5.10 Å². The van der Waals surface area contributed by atoms with E-state index in [9.17, 15) is 0 Å². The standard InChI is InChI=1S/C29H34N4/c1-5-31(6-2)25-18-14-23(15-19-25)28-22-29(33(30-28)27-12-10-9-11-13-27)24-16-20-26(21-17-24)32(7-3)8-4/h9-22H,5-8H2,1-4H3. The van der Waals surface area contributed by atoms with Gasteiger partial charge in [-0.1, -0.05) is 42.5 Å². The number of anilines is 2. The minimum Gasteiger partial charge on any atom is -0.372 e. The van der Waals surface area contributed by atoms with Crippen LogP contribution in [-0.4, -0.2) is 36.0 Å². The number of hydrogen-bond donors (Lipinski definition) is 0. The fraction of sp³-hybridized carbons (Fsp3) is 0.276. The van der Waals surface area contributed by atoms with Crippen molar-refractivity contribution >= 4 is 11.4 Å². The molecule has 170 valence electrons. The van der Waals surface area contributed by atoms with Crippen LogP contribution in [0, 0.1) is 0 Å². The molecule has 33 heavy (non-hydrogen) atoms. The number of rotatable bonds is 9. The molecule has 0 atom stereocenters. The average molecular weight is 439 g/mol.